The summed E-state index contributed by atoms with van der Waals surface area (Å²) in [5.41, 5.74) is 11.0. The molecule has 0 radical (unpaired) electrons. The van der Waals surface area contributed by atoms with Crippen LogP contribution < -0.4 is 26.4 Å². The van der Waals surface area contributed by atoms with Gasteiger partial charge in [0.15, 0.2) is 12.6 Å². The van der Waals surface area contributed by atoms with Crippen LogP contribution in [0.3, 0.4) is 0 Å². The van der Waals surface area contributed by atoms with Crippen LogP contribution in [0.4, 0.5) is 20.4 Å². The summed E-state index contributed by atoms with van der Waals surface area (Å²) < 4.78 is 31.3. The van der Waals surface area contributed by atoms with E-state index in [-0.39, 0.29) is 48.5 Å². The highest BCUT2D eigenvalue weighted by Gasteiger charge is 2.57. The van der Waals surface area contributed by atoms with E-state index in [2.05, 4.69) is 31.0 Å². The summed E-state index contributed by atoms with van der Waals surface area (Å²) in [6.45, 7) is 6.46. The Kier molecular flexibility index (Phi) is 11.8. The Morgan fingerprint density at radius 1 is 1.18 bits per heavy atom. The summed E-state index contributed by atoms with van der Waals surface area (Å²) in [7, 11) is 3.34. The molecule has 14 heteroatoms. The van der Waals surface area contributed by atoms with Crippen LogP contribution in [0.2, 0.25) is 0 Å². The molecule has 0 bridgehead atoms. The number of aromatic nitrogens is 4. The van der Waals surface area contributed by atoms with Crippen LogP contribution in [0.1, 0.15) is 72.8 Å². The third-order valence-electron chi connectivity index (χ3n) is 6.87. The van der Waals surface area contributed by atoms with E-state index in [1.54, 1.807) is 19.9 Å². The Bertz CT molecular complexity index is 1120. The lowest BCUT2D eigenvalue weighted by molar-refractivity contribution is 0.0472. The molecule has 4 rings (SSSR count). The molecule has 0 aromatic carbocycles. The molecule has 2 aromatic rings. The van der Waals surface area contributed by atoms with Gasteiger partial charge < -0.3 is 31.5 Å². The molecule has 2 atom stereocenters. The molecule has 2 unspecified atom stereocenters. The molecule has 3 heterocycles. The zero-order valence-electron chi connectivity index (χ0n) is 23.6. The van der Waals surface area contributed by atoms with Crippen LogP contribution in [0, 0.1) is 5.92 Å². The van der Waals surface area contributed by atoms with E-state index >= 15 is 0 Å². The van der Waals surface area contributed by atoms with E-state index in [0.717, 1.165) is 18.5 Å². The predicted octanol–water partition coefficient (Wildman–Crippen LogP) is 1.83. The summed E-state index contributed by atoms with van der Waals surface area (Å²) in [4.78, 5) is 40.6. The average molecular weight is 567 g/mol. The molecule has 1 aliphatic heterocycles. The Morgan fingerprint density at radius 3 is 2.27 bits per heavy atom. The van der Waals surface area contributed by atoms with Crippen molar-refractivity contribution >= 4 is 24.2 Å². The largest absolute Gasteiger partial charge is 0.463 e. The summed E-state index contributed by atoms with van der Waals surface area (Å²) in [6, 6.07) is 3.51. The SMILES string of the molecule is CN.CNC(C)C(C)(C)O.Nc1ccc(C2CCN(c3nc(C=O)nc(OCC4CC4(F)F)n3)CC2)nc1C=O. The highest BCUT2D eigenvalue weighted by Crippen LogP contribution is 2.48. The number of rotatable bonds is 9. The van der Waals surface area contributed by atoms with Gasteiger partial charge in [-0.2, -0.15) is 15.0 Å². The first-order valence-electron chi connectivity index (χ1n) is 13.0. The van der Waals surface area contributed by atoms with Crippen LogP contribution in [-0.2, 0) is 0 Å². The van der Waals surface area contributed by atoms with E-state index < -0.39 is 17.4 Å². The second kappa shape index (κ2) is 14.3. The number of likely N-dealkylation sites (N-methyl/N-ethyl adjacent to an activating group) is 1. The van der Waals surface area contributed by atoms with Crippen molar-refractivity contribution < 1.29 is 28.2 Å². The number of nitrogens with two attached hydrogens (primary N) is 2. The van der Waals surface area contributed by atoms with Crippen molar-refractivity contribution in [1.82, 2.24) is 25.3 Å². The van der Waals surface area contributed by atoms with Gasteiger partial charge in [-0.15, -0.1) is 0 Å². The van der Waals surface area contributed by atoms with Crippen molar-refractivity contribution in [3.8, 4) is 6.01 Å². The fourth-order valence-corrected chi connectivity index (χ4v) is 3.80. The fourth-order valence-electron chi connectivity index (χ4n) is 3.80. The van der Waals surface area contributed by atoms with E-state index in [4.69, 9.17) is 10.5 Å². The molecule has 222 valence electrons. The first-order chi connectivity index (χ1) is 18.9. The summed E-state index contributed by atoms with van der Waals surface area (Å²) in [6.07, 6.45) is 2.34. The van der Waals surface area contributed by atoms with Gasteiger partial charge in [0.2, 0.25) is 11.8 Å². The zero-order valence-corrected chi connectivity index (χ0v) is 23.6. The highest BCUT2D eigenvalue weighted by molar-refractivity contribution is 5.80. The predicted molar refractivity (Wildman–Crippen MR) is 147 cm³/mol. The molecule has 6 N–H and O–H groups in total. The normalized spacial score (nSPS) is 18.8. The number of aldehydes is 2. The molecule has 1 saturated heterocycles. The Hall–Kier alpha value is -3.36. The number of carbonyl (C=O) groups excluding carboxylic acids is 2. The van der Waals surface area contributed by atoms with E-state index in [9.17, 15) is 23.5 Å². The lowest BCUT2D eigenvalue weighted by atomic mass is 9.93. The molecule has 1 aliphatic carbocycles. The van der Waals surface area contributed by atoms with Crippen LogP contribution in [0.15, 0.2) is 12.1 Å². The van der Waals surface area contributed by atoms with Crippen LogP contribution in [0.25, 0.3) is 0 Å². The molecule has 2 fully saturated rings. The summed E-state index contributed by atoms with van der Waals surface area (Å²) >= 11 is 0. The number of halogens is 2. The number of anilines is 2. The molecular formula is C26H40F2N8O4. The first-order valence-corrected chi connectivity index (χ1v) is 13.0. The number of alkyl halides is 2. The number of nitrogen functional groups attached to an aromatic ring is 1. The smallest absolute Gasteiger partial charge is 0.321 e. The van der Waals surface area contributed by atoms with Crippen molar-refractivity contribution in [1.29, 1.82) is 0 Å². The van der Waals surface area contributed by atoms with Crippen LogP contribution >= 0.6 is 0 Å². The van der Waals surface area contributed by atoms with E-state index in [1.807, 2.05) is 24.9 Å². The van der Waals surface area contributed by atoms with Gasteiger partial charge in [-0.05, 0) is 59.8 Å². The quantitative estimate of drug-likeness (QED) is 0.324. The summed E-state index contributed by atoms with van der Waals surface area (Å²) in [5, 5.41) is 12.2. The maximum atomic E-state index is 13.0. The third-order valence-corrected chi connectivity index (χ3v) is 6.87. The second-order valence-electron chi connectivity index (χ2n) is 10.1. The lowest BCUT2D eigenvalue weighted by Crippen LogP contribution is -2.42. The van der Waals surface area contributed by atoms with Gasteiger partial charge in [0.05, 0.1) is 17.2 Å². The van der Waals surface area contributed by atoms with Gasteiger partial charge in [0.25, 0.3) is 5.92 Å². The van der Waals surface area contributed by atoms with Crippen molar-refractivity contribution in [3.05, 3.63) is 29.3 Å². The molecular weight excluding hydrogens is 526 g/mol. The van der Waals surface area contributed by atoms with Crippen LogP contribution in [0.5, 0.6) is 6.01 Å². The first kappa shape index (κ1) is 32.8. The number of nitrogens with one attached hydrogen (secondary N) is 1. The lowest BCUT2D eigenvalue weighted by Gasteiger charge is -2.31. The number of aliphatic hydroxyl groups is 1. The molecule has 12 nitrogen and oxygen atoms in total. The maximum absolute atomic E-state index is 13.0. The minimum absolute atomic E-state index is 0.115. The van der Waals surface area contributed by atoms with Crippen molar-refractivity contribution in [2.75, 3.05) is 44.4 Å². The molecule has 2 aliphatic rings. The Balaban J connectivity index is 0.000000484. The topological polar surface area (TPSA) is 182 Å². The molecule has 0 spiro atoms. The minimum atomic E-state index is -2.70. The number of ether oxygens (including phenoxy) is 1. The molecule has 40 heavy (non-hydrogen) atoms. The van der Waals surface area contributed by atoms with Crippen LogP contribution in [-0.4, -0.2) is 89.0 Å². The monoisotopic (exact) mass is 566 g/mol. The maximum Gasteiger partial charge on any atom is 0.321 e. The number of piperidine rings is 1. The summed E-state index contributed by atoms with van der Waals surface area (Å²) in [5.74, 6) is -3.26. The Labute approximate surface area is 232 Å². The van der Waals surface area contributed by atoms with Gasteiger partial charge in [-0.25, -0.2) is 13.8 Å². The Morgan fingerprint density at radius 2 is 1.80 bits per heavy atom. The number of nitrogens with zero attached hydrogens (tertiary/aromatic N) is 5. The van der Waals surface area contributed by atoms with Crippen molar-refractivity contribution in [2.45, 2.75) is 63.5 Å². The van der Waals surface area contributed by atoms with E-state index in [0.29, 0.717) is 31.3 Å². The average Bonchev–Trinajstić information content (AvgIpc) is 3.58. The second-order valence-corrected chi connectivity index (χ2v) is 10.1. The third kappa shape index (κ3) is 9.10. The molecule has 2 aromatic heterocycles. The minimum Gasteiger partial charge on any atom is -0.463 e. The van der Waals surface area contributed by atoms with Crippen molar-refractivity contribution in [3.63, 3.8) is 0 Å². The standard InChI is InChI=1S/C19H20F2N6O3.C6H15NO.CH5N/c20-19(21)7-12(19)10-30-18-25-16(9-29)24-17(26-18)27-5-3-11(4-6-27)14-2-1-13(22)15(8-28)23-14;1-5(7-4)6(2,3)8;1-2/h1-2,8-9,11-12H,3-7,10,22H2;5,7-8H,1-4H3;2H2,1H3. The van der Waals surface area contributed by atoms with Gasteiger partial charge in [-0.3, -0.25) is 9.59 Å². The van der Waals surface area contributed by atoms with Gasteiger partial charge >= 0.3 is 6.01 Å². The fraction of sp³-hybridized carbons (Fsp3) is 0.615. The van der Waals surface area contributed by atoms with Gasteiger partial charge in [0, 0.05) is 37.2 Å². The van der Waals surface area contributed by atoms with E-state index in [1.165, 1.54) is 7.05 Å². The zero-order chi connectivity index (χ0) is 30.1. The van der Waals surface area contributed by atoms with Crippen molar-refractivity contribution in [2.24, 2.45) is 11.7 Å². The number of pyridine rings is 1. The number of hydrogen-bond donors (Lipinski definition) is 4. The number of carbonyl (C=O) groups is 2. The highest BCUT2D eigenvalue weighted by atomic mass is 19.3. The number of hydrogen-bond acceptors (Lipinski definition) is 12. The molecule has 1 saturated carbocycles. The van der Waals surface area contributed by atoms with Gasteiger partial charge in [-0.1, -0.05) is 0 Å². The molecule has 0 amide bonds. The van der Waals surface area contributed by atoms with Gasteiger partial charge in [0.1, 0.15) is 12.3 Å².